The molecule has 2 aromatic rings. The largest absolute Gasteiger partial charge is 1.00 e. The summed E-state index contributed by atoms with van der Waals surface area (Å²) >= 11 is 0. The number of phosphoric ester groups is 1. The zero-order valence-corrected chi connectivity index (χ0v) is 23.9. The number of rotatable bonds is 7. The van der Waals surface area contributed by atoms with Gasteiger partial charge < -0.3 is 37.8 Å². The van der Waals surface area contributed by atoms with Gasteiger partial charge in [0.15, 0.2) is 23.0 Å². The van der Waals surface area contributed by atoms with Crippen molar-refractivity contribution in [2.24, 2.45) is 0 Å². The number of ether oxygens (including phenoxy) is 4. The van der Waals surface area contributed by atoms with Crippen molar-refractivity contribution in [1.29, 1.82) is 0 Å². The second-order valence-corrected chi connectivity index (χ2v) is 7.37. The molecular formula is C21H21Na2O8P. The first kappa shape index (κ1) is 29.1. The molecule has 0 aliphatic heterocycles. The van der Waals surface area contributed by atoms with Crippen molar-refractivity contribution in [3.05, 3.63) is 59.2 Å². The Morgan fingerprint density at radius 2 is 1.44 bits per heavy atom. The molecule has 0 heterocycles. The van der Waals surface area contributed by atoms with Gasteiger partial charge in [-0.3, -0.25) is 0 Å². The molecule has 1 aliphatic carbocycles. The molecule has 0 amide bonds. The summed E-state index contributed by atoms with van der Waals surface area (Å²) in [5.41, 5.74) is 2.67. The molecule has 0 bridgehead atoms. The zero-order valence-electron chi connectivity index (χ0n) is 19.0. The molecule has 0 N–H and O–H groups in total. The van der Waals surface area contributed by atoms with E-state index < -0.39 is 7.82 Å². The SMILES string of the molecule is COc1cc(C2=CC=CCc3c2ccc(OC)c3OP(=O)([O-])[O-])cc(OC)c1OC.[Na+].[Na+]. The summed E-state index contributed by atoms with van der Waals surface area (Å²) in [7, 11) is 0.636. The van der Waals surface area contributed by atoms with Gasteiger partial charge in [-0.15, -0.1) is 0 Å². The zero-order chi connectivity index (χ0) is 21.9. The van der Waals surface area contributed by atoms with Gasteiger partial charge in [-0.05, 0) is 41.3 Å². The Morgan fingerprint density at radius 1 is 0.844 bits per heavy atom. The number of phosphoric acid groups is 1. The molecular weight excluding hydrogens is 457 g/mol. The van der Waals surface area contributed by atoms with Crippen molar-refractivity contribution < 1.29 is 96.9 Å². The summed E-state index contributed by atoms with van der Waals surface area (Å²) in [4.78, 5) is 22.7. The molecule has 0 radical (unpaired) electrons. The molecule has 8 nitrogen and oxygen atoms in total. The molecule has 32 heavy (non-hydrogen) atoms. The summed E-state index contributed by atoms with van der Waals surface area (Å²) in [6.45, 7) is 0. The van der Waals surface area contributed by atoms with Gasteiger partial charge in [-0.25, -0.2) is 0 Å². The summed E-state index contributed by atoms with van der Waals surface area (Å²) < 4.78 is 37.6. The summed E-state index contributed by atoms with van der Waals surface area (Å²) in [5, 5.41) is 0. The van der Waals surface area contributed by atoms with Crippen LogP contribution in [0.15, 0.2) is 42.5 Å². The Bertz CT molecular complexity index is 1040. The first-order valence-corrected chi connectivity index (χ1v) is 10.4. The maximum atomic E-state index is 11.3. The summed E-state index contributed by atoms with van der Waals surface area (Å²) in [6.07, 6.45) is 5.88. The van der Waals surface area contributed by atoms with E-state index in [4.69, 9.17) is 23.5 Å². The average molecular weight is 478 g/mol. The van der Waals surface area contributed by atoms with Gasteiger partial charge in [-0.1, -0.05) is 24.3 Å². The van der Waals surface area contributed by atoms with E-state index in [1.165, 1.54) is 28.4 Å². The second kappa shape index (κ2) is 12.5. The first-order chi connectivity index (χ1) is 14.3. The van der Waals surface area contributed by atoms with Crippen LogP contribution >= 0.6 is 7.82 Å². The smallest absolute Gasteiger partial charge is 0.780 e. The molecule has 3 rings (SSSR count). The molecule has 0 atom stereocenters. The summed E-state index contributed by atoms with van der Waals surface area (Å²) in [6, 6.07) is 6.91. The Kier molecular flexibility index (Phi) is 11.4. The van der Waals surface area contributed by atoms with Crippen LogP contribution in [0.2, 0.25) is 0 Å². The molecule has 0 fully saturated rings. The topological polar surface area (TPSA) is 109 Å². The second-order valence-electron chi connectivity index (χ2n) is 6.29. The van der Waals surface area contributed by atoms with Gasteiger partial charge in [0.25, 0.3) is 0 Å². The molecule has 0 aromatic heterocycles. The number of fused-ring (bicyclic) bond motifs is 1. The monoisotopic (exact) mass is 478 g/mol. The van der Waals surface area contributed by atoms with Crippen LogP contribution in [0.1, 0.15) is 16.7 Å². The third-order valence-electron chi connectivity index (χ3n) is 4.63. The maximum absolute atomic E-state index is 11.3. The van der Waals surface area contributed by atoms with Crippen LogP contribution in [0.4, 0.5) is 0 Å². The quantitative estimate of drug-likeness (QED) is 0.298. The van der Waals surface area contributed by atoms with E-state index in [0.29, 0.717) is 34.8 Å². The van der Waals surface area contributed by atoms with Gasteiger partial charge in [0.2, 0.25) is 5.75 Å². The molecule has 0 unspecified atom stereocenters. The minimum Gasteiger partial charge on any atom is -0.780 e. The minimum atomic E-state index is -5.30. The molecule has 0 saturated heterocycles. The number of methoxy groups -OCH3 is 4. The van der Waals surface area contributed by atoms with E-state index in [9.17, 15) is 14.4 Å². The number of allylic oxidation sites excluding steroid dienone is 3. The first-order valence-electron chi connectivity index (χ1n) is 8.92. The Balaban J connectivity index is 0.00000256. The molecule has 2 aromatic carbocycles. The Hall–Kier alpha value is -0.930. The normalized spacial score (nSPS) is 12.2. The van der Waals surface area contributed by atoms with E-state index in [1.807, 2.05) is 18.2 Å². The molecule has 1 aliphatic rings. The number of benzene rings is 2. The third kappa shape index (κ3) is 6.35. The van der Waals surface area contributed by atoms with E-state index in [-0.39, 0.29) is 70.6 Å². The van der Waals surface area contributed by atoms with Crippen molar-refractivity contribution in [3.63, 3.8) is 0 Å². The third-order valence-corrected chi connectivity index (χ3v) is 5.04. The molecule has 11 heteroatoms. The van der Waals surface area contributed by atoms with Crippen LogP contribution in [-0.2, 0) is 11.0 Å². The van der Waals surface area contributed by atoms with Crippen LogP contribution in [0, 0.1) is 0 Å². The van der Waals surface area contributed by atoms with Crippen molar-refractivity contribution in [1.82, 2.24) is 0 Å². The fourth-order valence-corrected chi connectivity index (χ4v) is 3.79. The molecule has 0 spiro atoms. The van der Waals surface area contributed by atoms with Crippen molar-refractivity contribution in [2.75, 3.05) is 28.4 Å². The van der Waals surface area contributed by atoms with Crippen molar-refractivity contribution in [3.8, 4) is 28.7 Å². The van der Waals surface area contributed by atoms with Gasteiger partial charge in [-0.2, -0.15) is 0 Å². The van der Waals surface area contributed by atoms with Crippen molar-refractivity contribution in [2.45, 2.75) is 6.42 Å². The Morgan fingerprint density at radius 3 is 1.94 bits per heavy atom. The maximum Gasteiger partial charge on any atom is 1.00 e. The van der Waals surface area contributed by atoms with Gasteiger partial charge in [0.05, 0.1) is 28.4 Å². The van der Waals surface area contributed by atoms with Crippen molar-refractivity contribution >= 4 is 13.4 Å². The predicted molar refractivity (Wildman–Crippen MR) is 107 cm³/mol. The van der Waals surface area contributed by atoms with Crippen LogP contribution in [-0.4, -0.2) is 28.4 Å². The van der Waals surface area contributed by atoms with Crippen LogP contribution in [0.5, 0.6) is 28.7 Å². The fourth-order valence-electron chi connectivity index (χ4n) is 3.36. The number of hydrogen-bond donors (Lipinski definition) is 0. The van der Waals surface area contributed by atoms with Crippen LogP contribution < -0.4 is 92.4 Å². The van der Waals surface area contributed by atoms with Crippen LogP contribution in [0.3, 0.4) is 0 Å². The van der Waals surface area contributed by atoms with E-state index in [2.05, 4.69) is 0 Å². The van der Waals surface area contributed by atoms with Gasteiger partial charge in [0, 0.05) is 5.56 Å². The molecule has 0 saturated carbocycles. The Labute approximate surface area is 231 Å². The fraction of sp³-hybridized carbons (Fsp3) is 0.238. The van der Waals surface area contributed by atoms with Gasteiger partial charge in [0.1, 0.15) is 7.82 Å². The minimum absolute atomic E-state index is 0. The summed E-state index contributed by atoms with van der Waals surface area (Å²) in [5.74, 6) is 1.42. The van der Waals surface area contributed by atoms with E-state index >= 15 is 0 Å². The molecule has 160 valence electrons. The van der Waals surface area contributed by atoms with E-state index in [1.54, 1.807) is 24.3 Å². The standard InChI is InChI=1S/C21H23O8P.2Na/c1-25-17-10-9-15-14(7-5-6-8-16(15)20(17)29-30(22,23)24)13-11-18(26-2)21(28-4)19(12-13)27-3;;/h5-7,9-12H,8H2,1-4H3,(H2,22,23,24);;/q;2*+1/p-2. The van der Waals surface area contributed by atoms with E-state index in [0.717, 1.165) is 11.1 Å². The number of hydrogen-bond acceptors (Lipinski definition) is 8. The average Bonchev–Trinajstić information content (AvgIpc) is 2.94. The van der Waals surface area contributed by atoms with Gasteiger partial charge >= 0.3 is 59.1 Å². The van der Waals surface area contributed by atoms with Crippen LogP contribution in [0.25, 0.3) is 5.57 Å². The predicted octanol–water partition coefficient (Wildman–Crippen LogP) is -3.52.